The van der Waals surface area contributed by atoms with Crippen LogP contribution in [0.5, 0.6) is 11.5 Å². The van der Waals surface area contributed by atoms with E-state index >= 15 is 0 Å². The Hall–Kier alpha value is -2.69. The van der Waals surface area contributed by atoms with E-state index in [-0.39, 0.29) is 0 Å². The molecule has 2 N–H and O–H groups in total. The molecule has 0 unspecified atom stereocenters. The predicted molar refractivity (Wildman–Crippen MR) is 77.0 cm³/mol. The van der Waals surface area contributed by atoms with Crippen LogP contribution in [-0.2, 0) is 0 Å². The van der Waals surface area contributed by atoms with E-state index in [9.17, 15) is 0 Å². The first kappa shape index (κ1) is 12.3. The van der Waals surface area contributed by atoms with Crippen LogP contribution in [0.3, 0.4) is 0 Å². The molecule has 1 heterocycles. The Morgan fingerprint density at radius 3 is 2.40 bits per heavy atom. The Balaban J connectivity index is 2.21. The lowest BCUT2D eigenvalue weighted by Gasteiger charge is -2.06. The number of nitrogens with two attached hydrogens (primary N) is 1. The summed E-state index contributed by atoms with van der Waals surface area (Å²) in [7, 11) is 3.16. The van der Waals surface area contributed by atoms with Crippen molar-refractivity contribution in [2.24, 2.45) is 0 Å². The van der Waals surface area contributed by atoms with Gasteiger partial charge in [-0.05, 0) is 24.3 Å². The summed E-state index contributed by atoms with van der Waals surface area (Å²) < 4.78 is 16.0. The molecule has 1 aromatic heterocycles. The highest BCUT2D eigenvalue weighted by atomic mass is 16.5. The van der Waals surface area contributed by atoms with Gasteiger partial charge in [0, 0.05) is 11.3 Å². The summed E-state index contributed by atoms with van der Waals surface area (Å²) in [6, 6.07) is 11.2. The van der Waals surface area contributed by atoms with Crippen molar-refractivity contribution in [3.05, 3.63) is 36.4 Å². The second-order valence-corrected chi connectivity index (χ2v) is 4.33. The van der Waals surface area contributed by atoms with Gasteiger partial charge < -0.3 is 19.7 Å². The molecule has 0 spiro atoms. The molecule has 3 rings (SSSR count). The number of aromatic nitrogens is 1. The van der Waals surface area contributed by atoms with Crippen molar-refractivity contribution in [2.45, 2.75) is 0 Å². The van der Waals surface area contributed by atoms with Crippen LogP contribution in [0.2, 0.25) is 0 Å². The van der Waals surface area contributed by atoms with Crippen LogP contribution < -0.4 is 15.2 Å². The van der Waals surface area contributed by atoms with Crippen molar-refractivity contribution in [3.63, 3.8) is 0 Å². The van der Waals surface area contributed by atoms with Crippen LogP contribution in [-0.4, -0.2) is 19.4 Å². The molecular formula is C15H14N2O3. The fraction of sp³-hybridized carbons (Fsp3) is 0.133. The van der Waals surface area contributed by atoms with Gasteiger partial charge >= 0.3 is 0 Å². The third-order valence-electron chi connectivity index (χ3n) is 3.17. The molecule has 0 aliphatic rings. The third kappa shape index (κ3) is 1.84. The number of nitrogen functional groups attached to an aromatic ring is 1. The van der Waals surface area contributed by atoms with Gasteiger partial charge in [0.1, 0.15) is 5.69 Å². The van der Waals surface area contributed by atoms with Crippen LogP contribution >= 0.6 is 0 Å². The highest BCUT2D eigenvalue weighted by Crippen LogP contribution is 2.39. The number of methoxy groups -OCH3 is 2. The lowest BCUT2D eigenvalue weighted by Crippen LogP contribution is -1.90. The minimum Gasteiger partial charge on any atom is -0.493 e. The molecule has 0 saturated heterocycles. The highest BCUT2D eigenvalue weighted by Gasteiger charge is 2.17. The molecule has 102 valence electrons. The zero-order valence-electron chi connectivity index (χ0n) is 11.2. The van der Waals surface area contributed by atoms with E-state index in [1.54, 1.807) is 14.2 Å². The summed E-state index contributed by atoms with van der Waals surface area (Å²) in [5.74, 6) is 1.15. The van der Waals surface area contributed by atoms with Gasteiger partial charge in [-0.1, -0.05) is 17.3 Å². The number of nitrogens with zero attached hydrogens (tertiary/aromatic N) is 1. The molecule has 0 aliphatic carbocycles. The monoisotopic (exact) mass is 270 g/mol. The van der Waals surface area contributed by atoms with Crippen molar-refractivity contribution < 1.29 is 14.0 Å². The van der Waals surface area contributed by atoms with Crippen LogP contribution in [0, 0.1) is 0 Å². The molecular weight excluding hydrogens is 256 g/mol. The number of anilines is 1. The Bertz CT molecular complexity index is 748. The molecule has 5 nitrogen and oxygen atoms in total. The van der Waals surface area contributed by atoms with E-state index in [2.05, 4.69) is 5.16 Å². The van der Waals surface area contributed by atoms with Crippen molar-refractivity contribution in [2.75, 3.05) is 20.0 Å². The van der Waals surface area contributed by atoms with Gasteiger partial charge in [0.25, 0.3) is 0 Å². The Labute approximate surface area is 115 Å². The lowest BCUT2D eigenvalue weighted by atomic mass is 10.1. The molecule has 20 heavy (non-hydrogen) atoms. The SMILES string of the molecule is COc1ccc2c(-c3ccc(N)cc3)noc2c1OC. The summed E-state index contributed by atoms with van der Waals surface area (Å²) >= 11 is 0. The Morgan fingerprint density at radius 1 is 1.00 bits per heavy atom. The fourth-order valence-corrected chi connectivity index (χ4v) is 2.17. The number of hydrogen-bond donors (Lipinski definition) is 1. The van der Waals surface area contributed by atoms with Crippen molar-refractivity contribution >= 4 is 16.7 Å². The first-order chi connectivity index (χ1) is 9.74. The number of fused-ring (bicyclic) bond motifs is 1. The molecule has 5 heteroatoms. The van der Waals surface area contributed by atoms with E-state index in [1.165, 1.54) is 0 Å². The van der Waals surface area contributed by atoms with Gasteiger partial charge in [-0.15, -0.1) is 0 Å². The first-order valence-electron chi connectivity index (χ1n) is 6.11. The van der Waals surface area contributed by atoms with Crippen LogP contribution in [0.25, 0.3) is 22.2 Å². The van der Waals surface area contributed by atoms with E-state index in [0.717, 1.165) is 16.6 Å². The van der Waals surface area contributed by atoms with Crippen LogP contribution in [0.4, 0.5) is 5.69 Å². The fourth-order valence-electron chi connectivity index (χ4n) is 2.17. The minimum atomic E-state index is 0.541. The highest BCUT2D eigenvalue weighted by molar-refractivity contribution is 5.96. The van der Waals surface area contributed by atoms with E-state index in [0.29, 0.717) is 22.8 Å². The number of ether oxygens (including phenoxy) is 2. The molecule has 0 saturated carbocycles. The van der Waals surface area contributed by atoms with E-state index in [4.69, 9.17) is 19.7 Å². The second kappa shape index (κ2) is 4.77. The van der Waals surface area contributed by atoms with Gasteiger partial charge in [-0.3, -0.25) is 0 Å². The second-order valence-electron chi connectivity index (χ2n) is 4.33. The van der Waals surface area contributed by atoms with Gasteiger partial charge in [-0.2, -0.15) is 0 Å². The van der Waals surface area contributed by atoms with Gasteiger partial charge in [-0.25, -0.2) is 0 Å². The number of hydrogen-bond acceptors (Lipinski definition) is 5. The molecule has 0 radical (unpaired) electrons. The van der Waals surface area contributed by atoms with Crippen LogP contribution in [0.15, 0.2) is 40.9 Å². The van der Waals surface area contributed by atoms with E-state index < -0.39 is 0 Å². The molecule has 0 aliphatic heterocycles. The normalized spacial score (nSPS) is 10.7. The van der Waals surface area contributed by atoms with E-state index in [1.807, 2.05) is 36.4 Å². The van der Waals surface area contributed by atoms with Crippen LogP contribution in [0.1, 0.15) is 0 Å². The van der Waals surface area contributed by atoms with Gasteiger partial charge in [0.15, 0.2) is 5.75 Å². The molecule has 0 atom stereocenters. The summed E-state index contributed by atoms with van der Waals surface area (Å²) in [5, 5.41) is 5.00. The van der Waals surface area contributed by atoms with Gasteiger partial charge in [0.05, 0.1) is 19.6 Å². The molecule has 3 aromatic rings. The first-order valence-corrected chi connectivity index (χ1v) is 6.11. The zero-order chi connectivity index (χ0) is 14.1. The Kier molecular flexibility index (Phi) is 2.95. The average Bonchev–Trinajstić information content (AvgIpc) is 2.91. The maximum Gasteiger partial charge on any atom is 0.213 e. The summed E-state index contributed by atoms with van der Waals surface area (Å²) in [6.45, 7) is 0. The van der Waals surface area contributed by atoms with Crippen molar-refractivity contribution in [1.82, 2.24) is 5.16 Å². The topological polar surface area (TPSA) is 70.5 Å². The van der Waals surface area contributed by atoms with Crippen molar-refractivity contribution in [3.8, 4) is 22.8 Å². The third-order valence-corrected chi connectivity index (χ3v) is 3.17. The largest absolute Gasteiger partial charge is 0.493 e. The summed E-state index contributed by atoms with van der Waals surface area (Å²) in [5.41, 5.74) is 8.66. The summed E-state index contributed by atoms with van der Waals surface area (Å²) in [4.78, 5) is 0. The quantitative estimate of drug-likeness (QED) is 0.740. The summed E-state index contributed by atoms with van der Waals surface area (Å²) in [6.07, 6.45) is 0. The lowest BCUT2D eigenvalue weighted by molar-refractivity contribution is 0.348. The van der Waals surface area contributed by atoms with Crippen molar-refractivity contribution in [1.29, 1.82) is 0 Å². The molecule has 0 amide bonds. The maximum absolute atomic E-state index is 5.70. The minimum absolute atomic E-state index is 0.541. The maximum atomic E-state index is 5.70. The predicted octanol–water partition coefficient (Wildman–Crippen LogP) is 3.09. The number of benzene rings is 2. The molecule has 0 fully saturated rings. The molecule has 0 bridgehead atoms. The molecule has 2 aromatic carbocycles. The Morgan fingerprint density at radius 2 is 1.75 bits per heavy atom. The zero-order valence-corrected chi connectivity index (χ0v) is 11.2. The van der Waals surface area contributed by atoms with Gasteiger partial charge in [0.2, 0.25) is 11.3 Å². The smallest absolute Gasteiger partial charge is 0.213 e. The number of rotatable bonds is 3. The average molecular weight is 270 g/mol. The standard InChI is InChI=1S/C15H14N2O3/c1-18-12-8-7-11-13(9-3-5-10(16)6-4-9)17-20-14(11)15(12)19-2/h3-8H,16H2,1-2H3.